The van der Waals surface area contributed by atoms with Gasteiger partial charge in [-0.1, -0.05) is 291 Å². The van der Waals surface area contributed by atoms with Crippen LogP contribution in [-0.4, -0.2) is 96.7 Å². The molecule has 0 saturated heterocycles. The Kier molecular flexibility index (Phi) is 71.8. The molecule has 5 atom stereocenters. The van der Waals surface area contributed by atoms with Crippen molar-refractivity contribution in [3.8, 4) is 0 Å². The maximum atomic E-state index is 13.1. The van der Waals surface area contributed by atoms with E-state index in [2.05, 4.69) is 137 Å². The summed E-state index contributed by atoms with van der Waals surface area (Å²) in [6.07, 6.45) is 80.6. The van der Waals surface area contributed by atoms with E-state index in [9.17, 15) is 43.2 Å². The minimum Gasteiger partial charge on any atom is -0.462 e. The van der Waals surface area contributed by atoms with Crippen LogP contribution < -0.4 is 0 Å². The third kappa shape index (κ3) is 74.0. The zero-order valence-electron chi connectivity index (χ0n) is 64.3. The number of phosphoric acid groups is 2. The van der Waals surface area contributed by atoms with E-state index in [1.165, 1.54) is 83.5 Å². The van der Waals surface area contributed by atoms with Gasteiger partial charge in [0, 0.05) is 25.7 Å². The first kappa shape index (κ1) is 97.7. The molecule has 0 bridgehead atoms. The van der Waals surface area contributed by atoms with E-state index in [4.69, 9.17) is 37.0 Å². The topological polar surface area (TPSA) is 237 Å². The molecule has 0 fully saturated rings. The highest BCUT2D eigenvalue weighted by Gasteiger charge is 2.30. The van der Waals surface area contributed by atoms with E-state index >= 15 is 0 Å². The van der Waals surface area contributed by atoms with Crippen LogP contribution in [0.3, 0.4) is 0 Å². The lowest BCUT2D eigenvalue weighted by molar-refractivity contribution is -0.161. The van der Waals surface area contributed by atoms with Crippen molar-refractivity contribution in [1.29, 1.82) is 0 Å². The van der Waals surface area contributed by atoms with Gasteiger partial charge in [-0.15, -0.1) is 0 Å². The van der Waals surface area contributed by atoms with E-state index < -0.39 is 97.5 Å². The summed E-state index contributed by atoms with van der Waals surface area (Å²) in [6.45, 7) is 4.59. The third-order valence-electron chi connectivity index (χ3n) is 16.7. The van der Waals surface area contributed by atoms with Gasteiger partial charge in [-0.3, -0.25) is 37.3 Å². The summed E-state index contributed by atoms with van der Waals surface area (Å²) in [5.41, 5.74) is 0. The molecule has 0 saturated carbocycles. The molecular weight excluding hydrogens is 1330 g/mol. The van der Waals surface area contributed by atoms with Gasteiger partial charge < -0.3 is 33.8 Å². The zero-order valence-corrected chi connectivity index (χ0v) is 66.0. The SMILES string of the molecule is CC/C=C\C/C=C\C/C=C\C/C=C\CCCCC(=O)OC(COC(=O)CCCCCCCCC/C=C\C/C=C\C/C=C\CC)COP(=O)(O)OCC(O)COP(=O)(O)OCC(COC(=O)CCCCCCC/C=C\C/C=C\CCCCC)OC(=O)CCCCCCCCCCCCCCCCC. The molecule has 0 aromatic rings. The Hall–Kier alpha value is -4.28. The maximum Gasteiger partial charge on any atom is 0.472 e. The molecule has 0 aromatic heterocycles. The van der Waals surface area contributed by atoms with Crippen LogP contribution in [0.2, 0.25) is 0 Å². The number of aliphatic hydroxyl groups is 1. The van der Waals surface area contributed by atoms with Crippen LogP contribution in [0.15, 0.2) is 109 Å². The number of rotatable bonds is 75. The van der Waals surface area contributed by atoms with Crippen molar-refractivity contribution in [2.24, 2.45) is 0 Å². The summed E-state index contributed by atoms with van der Waals surface area (Å²) < 4.78 is 68.6. The van der Waals surface area contributed by atoms with Crippen molar-refractivity contribution in [2.45, 2.75) is 354 Å². The summed E-state index contributed by atoms with van der Waals surface area (Å²) in [7, 11) is -9.97. The van der Waals surface area contributed by atoms with Crippen LogP contribution in [0.5, 0.6) is 0 Å². The van der Waals surface area contributed by atoms with E-state index in [-0.39, 0.29) is 25.7 Å². The lowest BCUT2D eigenvalue weighted by Crippen LogP contribution is -2.30. The van der Waals surface area contributed by atoms with Crippen LogP contribution in [0, 0.1) is 0 Å². The second-order valence-corrected chi connectivity index (χ2v) is 29.5. The number of allylic oxidation sites excluding steroid dienone is 18. The van der Waals surface area contributed by atoms with Crippen LogP contribution in [-0.2, 0) is 65.4 Å². The molecule has 17 nitrogen and oxygen atoms in total. The van der Waals surface area contributed by atoms with Gasteiger partial charge in [0.05, 0.1) is 26.4 Å². The van der Waals surface area contributed by atoms with Crippen LogP contribution in [0.4, 0.5) is 0 Å². The number of phosphoric ester groups is 2. The fourth-order valence-corrected chi connectivity index (χ4v) is 12.2. The number of hydrogen-bond donors (Lipinski definition) is 3. The largest absolute Gasteiger partial charge is 0.472 e. The number of unbranched alkanes of at least 4 members (excludes halogenated alkanes) is 31. The molecule has 3 N–H and O–H groups in total. The molecule has 588 valence electrons. The Labute approximate surface area is 619 Å². The van der Waals surface area contributed by atoms with E-state index in [0.717, 1.165) is 167 Å². The number of carbonyl (C=O) groups is 4. The van der Waals surface area contributed by atoms with Gasteiger partial charge >= 0.3 is 39.5 Å². The molecule has 0 radical (unpaired) electrons. The van der Waals surface area contributed by atoms with Crippen molar-refractivity contribution >= 4 is 39.5 Å². The number of ether oxygens (including phenoxy) is 4. The second-order valence-electron chi connectivity index (χ2n) is 26.6. The number of carbonyl (C=O) groups excluding carboxylic acids is 4. The summed E-state index contributed by atoms with van der Waals surface area (Å²) in [6, 6.07) is 0. The Morgan fingerprint density at radius 3 is 0.824 bits per heavy atom. The molecule has 19 heteroatoms. The predicted molar refractivity (Wildman–Crippen MR) is 418 cm³/mol. The quantitative estimate of drug-likeness (QED) is 0.0169. The predicted octanol–water partition coefficient (Wildman–Crippen LogP) is 23.3. The van der Waals surface area contributed by atoms with Gasteiger partial charge in [0.2, 0.25) is 0 Å². The number of aliphatic hydroxyl groups excluding tert-OH is 1. The van der Waals surface area contributed by atoms with Crippen molar-refractivity contribution in [2.75, 3.05) is 39.6 Å². The number of esters is 4. The summed E-state index contributed by atoms with van der Waals surface area (Å²) in [4.78, 5) is 73.0. The first-order valence-corrected chi connectivity index (χ1v) is 43.1. The smallest absolute Gasteiger partial charge is 0.462 e. The minimum atomic E-state index is -4.99. The molecule has 0 rings (SSSR count). The molecular formula is C83H144O17P2. The first-order valence-electron chi connectivity index (χ1n) is 40.1. The molecule has 0 heterocycles. The molecule has 102 heavy (non-hydrogen) atoms. The van der Waals surface area contributed by atoms with E-state index in [0.29, 0.717) is 32.1 Å². The lowest BCUT2D eigenvalue weighted by atomic mass is 10.0. The second kappa shape index (κ2) is 75.0. The van der Waals surface area contributed by atoms with Gasteiger partial charge in [0.25, 0.3) is 0 Å². The van der Waals surface area contributed by atoms with Crippen molar-refractivity contribution in [1.82, 2.24) is 0 Å². The first-order chi connectivity index (χ1) is 49.7. The molecule has 0 aromatic carbocycles. The van der Waals surface area contributed by atoms with Crippen LogP contribution in [0.1, 0.15) is 336 Å². The van der Waals surface area contributed by atoms with Gasteiger partial charge in [-0.05, 0) is 128 Å². The standard InChI is InChI=1S/C83H144O17P2/c1-5-9-13-17-21-25-29-33-37-38-42-44-48-52-56-60-64-68-81(86)94-74-79(100-83(88)70-66-62-58-54-50-46-41-36-32-28-24-20-16-12-8-4)76-98-102(91,92)96-72-77(84)71-95-101(89,90)97-75-78(99-82(87)69-65-61-57-53-49-45-40-35-31-27-23-19-15-11-7-3)73-93-80(85)67-63-59-55-51-47-43-39-34-30-26-22-18-14-10-6-2/h9,12-13,16,21-22,24-26,28,33-34,36-37,39,41,50,54,77-79,84H,5-8,10-11,14-15,17-20,23,27,29-32,35,38,40,42-49,51-53,55-76H2,1-4H3,(H,89,90)(H,91,92)/b13-9-,16-12-,25-21-,26-22-,28-24-,37-33-,39-34-,41-36-,54-50-. The Balaban J connectivity index is 5.39. The zero-order chi connectivity index (χ0) is 74.6. The fourth-order valence-electron chi connectivity index (χ4n) is 10.7. The van der Waals surface area contributed by atoms with Gasteiger partial charge in [0.1, 0.15) is 19.3 Å². The van der Waals surface area contributed by atoms with E-state index in [1.54, 1.807) is 0 Å². The summed E-state index contributed by atoms with van der Waals surface area (Å²) >= 11 is 0. The molecule has 0 aliphatic carbocycles. The van der Waals surface area contributed by atoms with Gasteiger partial charge in [0.15, 0.2) is 12.2 Å². The van der Waals surface area contributed by atoms with Crippen LogP contribution >= 0.6 is 15.6 Å². The third-order valence-corrected chi connectivity index (χ3v) is 18.6. The molecule has 0 aliphatic heterocycles. The molecule has 0 spiro atoms. The van der Waals surface area contributed by atoms with Gasteiger partial charge in [-0.25, -0.2) is 9.13 Å². The van der Waals surface area contributed by atoms with Crippen molar-refractivity contribution < 1.29 is 80.2 Å². The Bertz CT molecular complexity index is 2360. The monoisotopic (exact) mass is 1470 g/mol. The highest BCUT2D eigenvalue weighted by atomic mass is 31.2. The maximum absolute atomic E-state index is 13.1. The lowest BCUT2D eigenvalue weighted by Gasteiger charge is -2.21. The minimum absolute atomic E-state index is 0.0393. The summed E-state index contributed by atoms with van der Waals surface area (Å²) in [5.74, 6) is -2.23. The Morgan fingerprint density at radius 1 is 0.284 bits per heavy atom. The fraction of sp³-hybridized carbons (Fsp3) is 0.735. The number of hydrogen-bond acceptors (Lipinski definition) is 15. The highest BCUT2D eigenvalue weighted by Crippen LogP contribution is 2.45. The molecule has 0 amide bonds. The van der Waals surface area contributed by atoms with Gasteiger partial charge in [-0.2, -0.15) is 0 Å². The highest BCUT2D eigenvalue weighted by molar-refractivity contribution is 7.47. The summed E-state index contributed by atoms with van der Waals surface area (Å²) in [5, 5.41) is 10.6. The van der Waals surface area contributed by atoms with Crippen molar-refractivity contribution in [3.05, 3.63) is 109 Å². The van der Waals surface area contributed by atoms with E-state index in [1.807, 2.05) is 0 Å². The normalized spacial score (nSPS) is 14.5. The molecule has 0 aliphatic rings. The average Bonchev–Trinajstić information content (AvgIpc) is 0.919. The molecule has 5 unspecified atom stereocenters. The Morgan fingerprint density at radius 2 is 0.510 bits per heavy atom. The van der Waals surface area contributed by atoms with Crippen LogP contribution in [0.25, 0.3) is 0 Å². The average molecular weight is 1480 g/mol. The van der Waals surface area contributed by atoms with Crippen molar-refractivity contribution in [3.63, 3.8) is 0 Å².